The molecule has 11 heavy (non-hydrogen) atoms. The van der Waals surface area contributed by atoms with Gasteiger partial charge in [0.2, 0.25) is 0 Å². The van der Waals surface area contributed by atoms with Crippen LogP contribution in [0, 0.1) is 5.92 Å². The minimum Gasteiger partial charge on any atom is -0.374 e. The third-order valence-electron chi connectivity index (χ3n) is 3.09. The van der Waals surface area contributed by atoms with Crippen molar-refractivity contribution in [3.8, 4) is 0 Å². The minimum absolute atomic E-state index is 0.00579. The van der Waals surface area contributed by atoms with Gasteiger partial charge in [-0.1, -0.05) is 12.2 Å². The Morgan fingerprint density at radius 1 is 1.64 bits per heavy atom. The zero-order valence-electron chi connectivity index (χ0n) is 6.92. The third-order valence-corrected chi connectivity index (χ3v) is 3.09. The van der Waals surface area contributed by atoms with Gasteiger partial charge in [0, 0.05) is 13.2 Å². The van der Waals surface area contributed by atoms with Crippen molar-refractivity contribution in [2.75, 3.05) is 7.11 Å². The lowest BCUT2D eigenvalue weighted by molar-refractivity contribution is -0.0214. The summed E-state index contributed by atoms with van der Waals surface area (Å²) in [7, 11) is 1.78. The predicted molar refractivity (Wildman–Crippen MR) is 44.2 cm³/mol. The molecule has 3 unspecified atom stereocenters. The van der Waals surface area contributed by atoms with Crippen molar-refractivity contribution in [3.05, 3.63) is 12.2 Å². The lowest BCUT2D eigenvalue weighted by Gasteiger charge is -2.44. The van der Waals surface area contributed by atoms with Gasteiger partial charge in [-0.15, -0.1) is 0 Å². The van der Waals surface area contributed by atoms with Crippen LogP contribution in [0.5, 0.6) is 0 Å². The molecule has 62 valence electrons. The van der Waals surface area contributed by atoms with E-state index >= 15 is 0 Å². The molecule has 0 aromatic heterocycles. The van der Waals surface area contributed by atoms with Gasteiger partial charge < -0.3 is 10.5 Å². The van der Waals surface area contributed by atoms with Crippen molar-refractivity contribution in [1.29, 1.82) is 0 Å². The number of nitrogens with two attached hydrogens (primary N) is 1. The van der Waals surface area contributed by atoms with Gasteiger partial charge in [0.1, 0.15) is 0 Å². The SMILES string of the molecule is COC12C=CC(CC1)C(N)C2. The number of hydrogen-bond acceptors (Lipinski definition) is 2. The van der Waals surface area contributed by atoms with E-state index in [9.17, 15) is 0 Å². The highest BCUT2D eigenvalue weighted by molar-refractivity contribution is 5.17. The number of methoxy groups -OCH3 is 1. The van der Waals surface area contributed by atoms with Crippen molar-refractivity contribution >= 4 is 0 Å². The average molecular weight is 153 g/mol. The Morgan fingerprint density at radius 2 is 2.45 bits per heavy atom. The van der Waals surface area contributed by atoms with Gasteiger partial charge in [-0.05, 0) is 25.2 Å². The molecule has 0 aliphatic heterocycles. The highest BCUT2D eigenvalue weighted by Gasteiger charge is 2.40. The fourth-order valence-corrected chi connectivity index (χ4v) is 2.22. The van der Waals surface area contributed by atoms with E-state index in [4.69, 9.17) is 10.5 Å². The second-order valence-corrected chi connectivity index (χ2v) is 3.70. The Balaban J connectivity index is 2.25. The Morgan fingerprint density at radius 3 is 2.82 bits per heavy atom. The zero-order chi connectivity index (χ0) is 7.90. The molecule has 2 bridgehead atoms. The third kappa shape index (κ3) is 1.01. The van der Waals surface area contributed by atoms with Crippen molar-refractivity contribution in [3.63, 3.8) is 0 Å². The van der Waals surface area contributed by atoms with E-state index in [1.807, 2.05) is 0 Å². The standard InChI is InChI=1S/C9H15NO/c1-11-9-4-2-7(3-5-9)8(10)6-9/h2,4,7-8H,3,5-6,10H2,1H3. The summed E-state index contributed by atoms with van der Waals surface area (Å²) in [5, 5.41) is 0. The molecule has 2 heteroatoms. The molecular weight excluding hydrogens is 138 g/mol. The first-order chi connectivity index (χ1) is 5.26. The van der Waals surface area contributed by atoms with Gasteiger partial charge in [-0.25, -0.2) is 0 Å². The smallest absolute Gasteiger partial charge is 0.0873 e. The van der Waals surface area contributed by atoms with Gasteiger partial charge in [0.15, 0.2) is 0 Å². The second kappa shape index (κ2) is 2.32. The zero-order valence-corrected chi connectivity index (χ0v) is 6.92. The lowest BCUT2D eigenvalue weighted by Crippen LogP contribution is -2.49. The Bertz CT molecular complexity index is 190. The number of hydrogen-bond donors (Lipinski definition) is 1. The normalized spacial score (nSPS) is 48.2. The quantitative estimate of drug-likeness (QED) is 0.572. The summed E-state index contributed by atoms with van der Waals surface area (Å²) in [6, 6.07) is 0.327. The maximum Gasteiger partial charge on any atom is 0.0873 e. The Labute approximate surface area is 67.4 Å². The van der Waals surface area contributed by atoms with Gasteiger partial charge >= 0.3 is 0 Å². The molecule has 1 saturated carbocycles. The summed E-state index contributed by atoms with van der Waals surface area (Å²) in [4.78, 5) is 0. The molecule has 0 aromatic carbocycles. The van der Waals surface area contributed by atoms with Gasteiger partial charge in [-0.3, -0.25) is 0 Å². The summed E-state index contributed by atoms with van der Waals surface area (Å²) in [6.45, 7) is 0. The highest BCUT2D eigenvalue weighted by Crippen LogP contribution is 2.40. The topological polar surface area (TPSA) is 35.2 Å². The van der Waals surface area contributed by atoms with E-state index in [0.29, 0.717) is 12.0 Å². The molecule has 3 aliphatic carbocycles. The van der Waals surface area contributed by atoms with Crippen LogP contribution in [-0.4, -0.2) is 18.8 Å². The van der Waals surface area contributed by atoms with Crippen molar-refractivity contribution in [2.24, 2.45) is 11.7 Å². The number of ether oxygens (including phenoxy) is 1. The summed E-state index contributed by atoms with van der Waals surface area (Å²) in [5.74, 6) is 0.618. The summed E-state index contributed by atoms with van der Waals surface area (Å²) < 4.78 is 5.47. The van der Waals surface area contributed by atoms with E-state index in [2.05, 4.69) is 12.2 Å². The van der Waals surface area contributed by atoms with Crippen LogP contribution in [-0.2, 0) is 4.74 Å². The first kappa shape index (κ1) is 7.32. The van der Waals surface area contributed by atoms with Crippen LogP contribution >= 0.6 is 0 Å². The molecule has 0 spiro atoms. The van der Waals surface area contributed by atoms with E-state index in [-0.39, 0.29) is 5.60 Å². The average Bonchev–Trinajstić information content (AvgIpc) is 2.06. The van der Waals surface area contributed by atoms with Crippen LogP contribution in [0.4, 0.5) is 0 Å². The largest absolute Gasteiger partial charge is 0.374 e. The van der Waals surface area contributed by atoms with Crippen molar-refractivity contribution < 1.29 is 4.74 Å². The lowest BCUT2D eigenvalue weighted by atomic mass is 9.70. The first-order valence-electron chi connectivity index (χ1n) is 4.26. The predicted octanol–water partition coefficient (Wildman–Crippen LogP) is 1.07. The highest BCUT2D eigenvalue weighted by atomic mass is 16.5. The molecule has 0 aromatic rings. The van der Waals surface area contributed by atoms with Crippen molar-refractivity contribution in [1.82, 2.24) is 0 Å². The van der Waals surface area contributed by atoms with Crippen LogP contribution in [0.3, 0.4) is 0 Å². The van der Waals surface area contributed by atoms with Crippen LogP contribution in [0.2, 0.25) is 0 Å². The van der Waals surface area contributed by atoms with E-state index < -0.39 is 0 Å². The maximum atomic E-state index is 5.95. The van der Waals surface area contributed by atoms with Gasteiger partial charge in [0.25, 0.3) is 0 Å². The van der Waals surface area contributed by atoms with E-state index in [1.165, 1.54) is 6.42 Å². The summed E-state index contributed by atoms with van der Waals surface area (Å²) in [5.41, 5.74) is 5.94. The van der Waals surface area contributed by atoms with Crippen molar-refractivity contribution in [2.45, 2.75) is 30.9 Å². The molecule has 1 fully saturated rings. The first-order valence-corrected chi connectivity index (χ1v) is 4.26. The summed E-state index contributed by atoms with van der Waals surface area (Å²) >= 11 is 0. The fourth-order valence-electron chi connectivity index (χ4n) is 2.22. The van der Waals surface area contributed by atoms with E-state index in [1.54, 1.807) is 7.11 Å². The van der Waals surface area contributed by atoms with E-state index in [0.717, 1.165) is 12.8 Å². The molecule has 2 nitrogen and oxygen atoms in total. The van der Waals surface area contributed by atoms with Crippen LogP contribution in [0.15, 0.2) is 12.2 Å². The fraction of sp³-hybridized carbons (Fsp3) is 0.778. The van der Waals surface area contributed by atoms with Gasteiger partial charge in [-0.2, -0.15) is 0 Å². The van der Waals surface area contributed by atoms with Crippen LogP contribution < -0.4 is 5.73 Å². The Kier molecular flexibility index (Phi) is 1.55. The molecule has 3 rings (SSSR count). The molecular formula is C9H15NO. The maximum absolute atomic E-state index is 5.95. The second-order valence-electron chi connectivity index (χ2n) is 3.70. The molecule has 0 heterocycles. The number of fused-ring (bicyclic) bond motifs is 2. The molecule has 0 saturated heterocycles. The minimum atomic E-state index is -0.00579. The van der Waals surface area contributed by atoms with Crippen LogP contribution in [0.25, 0.3) is 0 Å². The molecule has 2 N–H and O–H groups in total. The molecule has 0 radical (unpaired) electrons. The van der Waals surface area contributed by atoms with Gasteiger partial charge in [0.05, 0.1) is 5.60 Å². The Hall–Kier alpha value is -0.340. The summed E-state index contributed by atoms with van der Waals surface area (Å²) in [6.07, 6.45) is 7.78. The molecule has 3 aliphatic rings. The molecule has 0 amide bonds. The molecule has 3 atom stereocenters. The van der Waals surface area contributed by atoms with Crippen LogP contribution in [0.1, 0.15) is 19.3 Å². The number of rotatable bonds is 1. The monoisotopic (exact) mass is 153 g/mol.